The van der Waals surface area contributed by atoms with Gasteiger partial charge in [-0.05, 0) is 35.7 Å². The Bertz CT molecular complexity index is 840. The zero-order valence-electron chi connectivity index (χ0n) is 13.5. The van der Waals surface area contributed by atoms with Crippen LogP contribution in [0.2, 0.25) is 5.02 Å². The van der Waals surface area contributed by atoms with E-state index < -0.39 is 0 Å². The minimum absolute atomic E-state index is 0.102. The third kappa shape index (κ3) is 3.68. The van der Waals surface area contributed by atoms with E-state index in [0.29, 0.717) is 16.4 Å². The van der Waals surface area contributed by atoms with Gasteiger partial charge >= 0.3 is 0 Å². The molecule has 0 unspecified atom stereocenters. The molecule has 1 N–H and O–H groups in total. The molecule has 4 nitrogen and oxygen atoms in total. The Kier molecular flexibility index (Phi) is 5.02. The van der Waals surface area contributed by atoms with Crippen LogP contribution < -0.4 is 5.32 Å². The maximum atomic E-state index is 12.6. The molecule has 1 amide bonds. The van der Waals surface area contributed by atoms with Crippen LogP contribution in [-0.2, 0) is 6.54 Å². The number of benzene rings is 1. The minimum atomic E-state index is -0.102. The molecule has 0 bridgehead atoms. The number of hydrogen-bond donors (Lipinski definition) is 1. The van der Waals surface area contributed by atoms with Crippen molar-refractivity contribution >= 4 is 28.8 Å². The number of nitrogens with zero attached hydrogens (tertiary/aromatic N) is 2. The zero-order chi connectivity index (χ0) is 17.1. The SMILES string of the molecule is CC(C)c1nc(-n2cccc2)sc1C(=O)NCc1cccc(Cl)c1. The minimum Gasteiger partial charge on any atom is -0.347 e. The molecule has 2 heterocycles. The van der Waals surface area contributed by atoms with Crippen LogP contribution in [0.4, 0.5) is 0 Å². The van der Waals surface area contributed by atoms with Crippen LogP contribution >= 0.6 is 22.9 Å². The normalized spacial score (nSPS) is 11.0. The Morgan fingerprint density at radius 1 is 1.29 bits per heavy atom. The molecule has 3 aromatic rings. The van der Waals surface area contributed by atoms with Crippen molar-refractivity contribution in [1.82, 2.24) is 14.9 Å². The van der Waals surface area contributed by atoms with Crippen molar-refractivity contribution in [3.05, 3.63) is 69.9 Å². The van der Waals surface area contributed by atoms with Gasteiger partial charge in [-0.15, -0.1) is 0 Å². The van der Waals surface area contributed by atoms with Gasteiger partial charge in [-0.2, -0.15) is 0 Å². The fraction of sp³-hybridized carbons (Fsp3) is 0.222. The lowest BCUT2D eigenvalue weighted by Crippen LogP contribution is -2.23. The largest absolute Gasteiger partial charge is 0.347 e. The third-order valence-electron chi connectivity index (χ3n) is 3.56. The Balaban J connectivity index is 1.81. The van der Waals surface area contributed by atoms with E-state index in [4.69, 9.17) is 11.6 Å². The van der Waals surface area contributed by atoms with E-state index in [2.05, 4.69) is 10.3 Å². The Hall–Kier alpha value is -2.11. The molecule has 0 atom stereocenters. The van der Waals surface area contributed by atoms with Gasteiger partial charge in [-0.1, -0.05) is 48.9 Å². The van der Waals surface area contributed by atoms with Crippen LogP contribution in [0.1, 0.15) is 40.7 Å². The molecule has 0 spiro atoms. The van der Waals surface area contributed by atoms with Gasteiger partial charge in [-0.25, -0.2) is 4.98 Å². The van der Waals surface area contributed by atoms with Gasteiger partial charge in [0.15, 0.2) is 5.13 Å². The van der Waals surface area contributed by atoms with Crippen molar-refractivity contribution in [3.8, 4) is 5.13 Å². The smallest absolute Gasteiger partial charge is 0.263 e. The van der Waals surface area contributed by atoms with Crippen LogP contribution in [-0.4, -0.2) is 15.5 Å². The first-order valence-electron chi connectivity index (χ1n) is 7.71. The van der Waals surface area contributed by atoms with E-state index >= 15 is 0 Å². The zero-order valence-corrected chi connectivity index (χ0v) is 15.1. The second kappa shape index (κ2) is 7.20. The van der Waals surface area contributed by atoms with Crippen LogP contribution in [0, 0.1) is 0 Å². The summed E-state index contributed by atoms with van der Waals surface area (Å²) in [7, 11) is 0. The van der Waals surface area contributed by atoms with E-state index in [1.54, 1.807) is 0 Å². The molecule has 24 heavy (non-hydrogen) atoms. The van der Waals surface area contributed by atoms with Gasteiger partial charge in [0.1, 0.15) is 4.88 Å². The highest BCUT2D eigenvalue weighted by Gasteiger charge is 2.20. The highest BCUT2D eigenvalue weighted by atomic mass is 35.5. The molecular formula is C18H18ClN3OS. The highest BCUT2D eigenvalue weighted by Crippen LogP contribution is 2.27. The number of thiazole rings is 1. The summed E-state index contributed by atoms with van der Waals surface area (Å²) in [5.74, 6) is 0.0760. The number of amides is 1. The predicted molar refractivity (Wildman–Crippen MR) is 98.2 cm³/mol. The number of nitrogens with one attached hydrogen (secondary N) is 1. The summed E-state index contributed by atoms with van der Waals surface area (Å²) in [6.07, 6.45) is 3.85. The Labute approximate surface area is 150 Å². The van der Waals surface area contributed by atoms with E-state index in [-0.39, 0.29) is 11.8 Å². The average molecular weight is 360 g/mol. The Morgan fingerprint density at radius 3 is 2.71 bits per heavy atom. The Morgan fingerprint density at radius 2 is 2.04 bits per heavy atom. The summed E-state index contributed by atoms with van der Waals surface area (Å²) >= 11 is 7.39. The molecule has 0 aliphatic heterocycles. The molecule has 0 aliphatic rings. The topological polar surface area (TPSA) is 46.9 Å². The van der Waals surface area contributed by atoms with Crippen molar-refractivity contribution in [3.63, 3.8) is 0 Å². The fourth-order valence-electron chi connectivity index (χ4n) is 2.36. The molecule has 6 heteroatoms. The van der Waals surface area contributed by atoms with Crippen molar-refractivity contribution in [2.75, 3.05) is 0 Å². The van der Waals surface area contributed by atoms with Crippen LogP contribution in [0.5, 0.6) is 0 Å². The van der Waals surface area contributed by atoms with E-state index in [0.717, 1.165) is 16.4 Å². The monoisotopic (exact) mass is 359 g/mol. The lowest BCUT2D eigenvalue weighted by molar-refractivity contribution is 0.0953. The summed E-state index contributed by atoms with van der Waals surface area (Å²) in [4.78, 5) is 17.9. The first kappa shape index (κ1) is 16.7. The van der Waals surface area contributed by atoms with E-state index in [9.17, 15) is 4.79 Å². The van der Waals surface area contributed by atoms with Gasteiger partial charge < -0.3 is 9.88 Å². The molecule has 3 rings (SSSR count). The van der Waals surface area contributed by atoms with Gasteiger partial charge in [0.2, 0.25) is 0 Å². The molecule has 0 fully saturated rings. The summed E-state index contributed by atoms with van der Waals surface area (Å²) < 4.78 is 1.92. The van der Waals surface area contributed by atoms with Gasteiger partial charge in [0.25, 0.3) is 5.91 Å². The van der Waals surface area contributed by atoms with Crippen molar-refractivity contribution in [2.45, 2.75) is 26.3 Å². The maximum Gasteiger partial charge on any atom is 0.263 e. The number of hydrogen-bond acceptors (Lipinski definition) is 3. The molecule has 2 aromatic heterocycles. The molecule has 0 aliphatic carbocycles. The van der Waals surface area contributed by atoms with E-state index in [1.165, 1.54) is 11.3 Å². The summed E-state index contributed by atoms with van der Waals surface area (Å²) in [6.45, 7) is 4.53. The summed E-state index contributed by atoms with van der Waals surface area (Å²) in [5.41, 5.74) is 1.80. The fourth-order valence-corrected chi connectivity index (χ4v) is 3.67. The number of rotatable bonds is 5. The molecule has 0 radical (unpaired) electrons. The lowest BCUT2D eigenvalue weighted by Gasteiger charge is -2.07. The van der Waals surface area contributed by atoms with Crippen LogP contribution in [0.3, 0.4) is 0 Å². The lowest BCUT2D eigenvalue weighted by atomic mass is 10.1. The predicted octanol–water partition coefficient (Wildman–Crippen LogP) is 4.64. The van der Waals surface area contributed by atoms with E-state index in [1.807, 2.05) is 67.2 Å². The molecular weight excluding hydrogens is 342 g/mol. The standard InChI is InChI=1S/C18H18ClN3OS/c1-12(2)15-16(24-18(21-15)22-8-3-4-9-22)17(23)20-11-13-6-5-7-14(19)10-13/h3-10,12H,11H2,1-2H3,(H,20,23). The quantitative estimate of drug-likeness (QED) is 0.721. The van der Waals surface area contributed by atoms with Crippen molar-refractivity contribution < 1.29 is 4.79 Å². The van der Waals surface area contributed by atoms with Gasteiger partial charge in [-0.3, -0.25) is 4.79 Å². The van der Waals surface area contributed by atoms with Gasteiger partial charge in [0, 0.05) is 24.0 Å². The number of carbonyl (C=O) groups is 1. The highest BCUT2D eigenvalue weighted by molar-refractivity contribution is 7.16. The first-order valence-corrected chi connectivity index (χ1v) is 8.90. The summed E-state index contributed by atoms with van der Waals surface area (Å²) in [5, 5.41) is 4.43. The molecule has 124 valence electrons. The average Bonchev–Trinajstić information content (AvgIpc) is 3.21. The molecule has 0 saturated carbocycles. The third-order valence-corrected chi connectivity index (χ3v) is 4.88. The number of carbonyl (C=O) groups excluding carboxylic acids is 1. The van der Waals surface area contributed by atoms with Crippen molar-refractivity contribution in [1.29, 1.82) is 0 Å². The number of aromatic nitrogens is 2. The van der Waals surface area contributed by atoms with Gasteiger partial charge in [0.05, 0.1) is 5.69 Å². The maximum absolute atomic E-state index is 12.6. The second-order valence-corrected chi connectivity index (χ2v) is 7.18. The van der Waals surface area contributed by atoms with Crippen LogP contribution in [0.15, 0.2) is 48.8 Å². The van der Waals surface area contributed by atoms with Crippen molar-refractivity contribution in [2.24, 2.45) is 0 Å². The molecule has 0 saturated heterocycles. The second-order valence-electron chi connectivity index (χ2n) is 5.77. The first-order chi connectivity index (χ1) is 11.5. The number of halogens is 1. The van der Waals surface area contributed by atoms with Crippen LogP contribution in [0.25, 0.3) is 5.13 Å². The molecule has 1 aromatic carbocycles. The summed E-state index contributed by atoms with van der Waals surface area (Å²) in [6, 6.07) is 11.4.